The van der Waals surface area contributed by atoms with Crippen molar-refractivity contribution in [3.05, 3.63) is 72.9 Å². The Morgan fingerprint density at radius 2 is 0.870 bits per heavy atom. The van der Waals surface area contributed by atoms with E-state index in [-0.39, 0.29) is 0 Å². The monoisotopic (exact) mass is 424 g/mol. The van der Waals surface area contributed by atoms with Gasteiger partial charge < -0.3 is 0 Å². The van der Waals surface area contributed by atoms with Crippen LogP contribution in [-0.4, -0.2) is 4.43 Å². The second-order valence-electron chi connectivity index (χ2n) is 5.25. The van der Waals surface area contributed by atoms with Gasteiger partial charge in [0, 0.05) is 0 Å². The molecule has 0 aliphatic heterocycles. The molecule has 128 valence electrons. The largest absolute Gasteiger partial charge is 0.0885 e. The number of allylic oxidation sites excluding steroid dienone is 12. The van der Waals surface area contributed by atoms with E-state index in [1.807, 2.05) is 0 Å². The van der Waals surface area contributed by atoms with Crippen LogP contribution in [0.1, 0.15) is 58.3 Å². The number of unbranched alkanes of at least 4 members (excludes halogenated alkanes) is 1. The minimum atomic E-state index is 1.04. The summed E-state index contributed by atoms with van der Waals surface area (Å²) in [5.41, 5.74) is 0. The quantitative estimate of drug-likeness (QED) is 0.115. The van der Waals surface area contributed by atoms with Gasteiger partial charge in [-0.1, -0.05) is 102 Å². The van der Waals surface area contributed by atoms with Crippen molar-refractivity contribution >= 4 is 22.6 Å². The lowest BCUT2D eigenvalue weighted by Gasteiger charge is -1.87. The fourth-order valence-electron chi connectivity index (χ4n) is 1.83. The van der Waals surface area contributed by atoms with Gasteiger partial charge in [-0.15, -0.1) is 0 Å². The van der Waals surface area contributed by atoms with E-state index in [2.05, 4.69) is 102 Å². The van der Waals surface area contributed by atoms with Crippen molar-refractivity contribution in [1.29, 1.82) is 0 Å². The zero-order chi connectivity index (χ0) is 16.8. The summed E-state index contributed by atoms with van der Waals surface area (Å²) in [5.74, 6) is 0. The van der Waals surface area contributed by atoms with E-state index < -0.39 is 0 Å². The zero-order valence-electron chi connectivity index (χ0n) is 14.7. The molecule has 0 radical (unpaired) electrons. The van der Waals surface area contributed by atoms with E-state index in [1.54, 1.807) is 0 Å². The Labute approximate surface area is 158 Å². The Kier molecular flexibility index (Phi) is 20.4. The topological polar surface area (TPSA) is 0 Å². The number of rotatable bonds is 14. The van der Waals surface area contributed by atoms with Crippen molar-refractivity contribution in [3.8, 4) is 0 Å². The number of hydrogen-bond acceptors (Lipinski definition) is 0. The standard InChI is InChI=1S/C22H33I/c1-2-3-4-5-6-7-8-9-10-11-12-13-14-15-16-17-18-19-20-21-22-23/h3-4,6-7,9-10,12-13,15-16,18-19H,2,5,8,11,14,17,20-22H2,1H3/b4-3-,7-6-,10-9-,13-12-,16-15-,19-18-. The molecule has 0 aromatic rings. The first-order valence-corrected chi connectivity index (χ1v) is 10.4. The smallest absolute Gasteiger partial charge is 0.000178 e. The highest BCUT2D eigenvalue weighted by Gasteiger charge is 1.78. The average Bonchev–Trinajstić information content (AvgIpc) is 2.57. The van der Waals surface area contributed by atoms with E-state index in [1.165, 1.54) is 17.3 Å². The van der Waals surface area contributed by atoms with Crippen molar-refractivity contribution in [3.63, 3.8) is 0 Å². The first-order chi connectivity index (χ1) is 11.4. The minimum Gasteiger partial charge on any atom is -0.0885 e. The summed E-state index contributed by atoms with van der Waals surface area (Å²) in [6, 6.07) is 0. The number of alkyl halides is 1. The molecule has 0 aromatic heterocycles. The maximum atomic E-state index is 2.43. The Balaban J connectivity index is 3.47. The maximum absolute atomic E-state index is 2.43. The van der Waals surface area contributed by atoms with Crippen LogP contribution in [0.5, 0.6) is 0 Å². The second kappa shape index (κ2) is 21.2. The summed E-state index contributed by atoms with van der Waals surface area (Å²) < 4.78 is 1.25. The highest BCUT2D eigenvalue weighted by Crippen LogP contribution is 1.98. The van der Waals surface area contributed by atoms with Gasteiger partial charge in [0.05, 0.1) is 0 Å². The molecule has 0 spiro atoms. The van der Waals surface area contributed by atoms with Gasteiger partial charge in [0.1, 0.15) is 0 Å². The molecule has 0 bridgehead atoms. The average molecular weight is 424 g/mol. The zero-order valence-corrected chi connectivity index (χ0v) is 16.8. The van der Waals surface area contributed by atoms with Gasteiger partial charge in [-0.05, 0) is 55.8 Å². The molecule has 1 heteroatoms. The minimum absolute atomic E-state index is 1.04. The summed E-state index contributed by atoms with van der Waals surface area (Å²) in [6.07, 6.45) is 35.8. The van der Waals surface area contributed by atoms with Crippen molar-refractivity contribution < 1.29 is 0 Å². The van der Waals surface area contributed by atoms with Crippen LogP contribution in [0.2, 0.25) is 0 Å². The van der Waals surface area contributed by atoms with Crippen LogP contribution >= 0.6 is 22.6 Å². The van der Waals surface area contributed by atoms with Gasteiger partial charge in [-0.3, -0.25) is 0 Å². The fraction of sp³-hybridized carbons (Fsp3) is 0.455. The summed E-state index contributed by atoms with van der Waals surface area (Å²) in [6.45, 7) is 2.16. The molecular weight excluding hydrogens is 391 g/mol. The molecule has 0 nitrogen and oxygen atoms in total. The molecular formula is C22H33I. The van der Waals surface area contributed by atoms with E-state index in [9.17, 15) is 0 Å². The third-order valence-corrected chi connectivity index (χ3v) is 3.86. The van der Waals surface area contributed by atoms with Crippen LogP contribution in [0.3, 0.4) is 0 Å². The molecule has 0 atom stereocenters. The highest BCUT2D eigenvalue weighted by molar-refractivity contribution is 14.1. The van der Waals surface area contributed by atoms with E-state index in [0.29, 0.717) is 0 Å². The predicted molar refractivity (Wildman–Crippen MR) is 116 cm³/mol. The van der Waals surface area contributed by atoms with Crippen LogP contribution in [0.25, 0.3) is 0 Å². The molecule has 23 heavy (non-hydrogen) atoms. The van der Waals surface area contributed by atoms with Crippen LogP contribution in [0, 0.1) is 0 Å². The first-order valence-electron chi connectivity index (χ1n) is 8.87. The summed E-state index contributed by atoms with van der Waals surface area (Å²) in [5, 5.41) is 0. The Hall–Kier alpha value is -0.830. The van der Waals surface area contributed by atoms with E-state index in [4.69, 9.17) is 0 Å². The first kappa shape index (κ1) is 22.2. The Morgan fingerprint density at radius 1 is 0.522 bits per heavy atom. The molecule has 0 N–H and O–H groups in total. The molecule has 0 saturated carbocycles. The number of hydrogen-bond donors (Lipinski definition) is 0. The lowest BCUT2D eigenvalue weighted by atomic mass is 10.2. The Morgan fingerprint density at radius 3 is 1.22 bits per heavy atom. The molecule has 0 heterocycles. The lowest BCUT2D eigenvalue weighted by Crippen LogP contribution is -1.69. The molecule has 0 rings (SSSR count). The third-order valence-electron chi connectivity index (χ3n) is 3.10. The van der Waals surface area contributed by atoms with Gasteiger partial charge in [-0.2, -0.15) is 0 Å². The molecule has 0 fully saturated rings. The molecule has 0 unspecified atom stereocenters. The lowest BCUT2D eigenvalue weighted by molar-refractivity contribution is 0.981. The normalized spacial score (nSPS) is 13.3. The maximum Gasteiger partial charge on any atom is -0.000178 e. The van der Waals surface area contributed by atoms with Crippen molar-refractivity contribution in [1.82, 2.24) is 0 Å². The molecule has 0 amide bonds. The second-order valence-corrected chi connectivity index (χ2v) is 6.33. The summed E-state index contributed by atoms with van der Waals surface area (Å²) in [4.78, 5) is 0. The van der Waals surface area contributed by atoms with E-state index in [0.717, 1.165) is 38.5 Å². The van der Waals surface area contributed by atoms with Crippen molar-refractivity contribution in [2.45, 2.75) is 58.3 Å². The van der Waals surface area contributed by atoms with Gasteiger partial charge >= 0.3 is 0 Å². The molecule has 0 aliphatic carbocycles. The van der Waals surface area contributed by atoms with Crippen molar-refractivity contribution in [2.24, 2.45) is 0 Å². The van der Waals surface area contributed by atoms with Crippen LogP contribution in [-0.2, 0) is 0 Å². The van der Waals surface area contributed by atoms with Gasteiger partial charge in [0.2, 0.25) is 0 Å². The van der Waals surface area contributed by atoms with Crippen LogP contribution in [0.15, 0.2) is 72.9 Å². The molecule has 0 saturated heterocycles. The summed E-state index contributed by atoms with van der Waals surface area (Å²) >= 11 is 2.43. The van der Waals surface area contributed by atoms with Crippen LogP contribution < -0.4 is 0 Å². The third kappa shape index (κ3) is 21.2. The van der Waals surface area contributed by atoms with Gasteiger partial charge in [0.15, 0.2) is 0 Å². The predicted octanol–water partition coefficient (Wildman–Crippen LogP) is 7.90. The fourth-order valence-corrected chi connectivity index (χ4v) is 2.28. The SMILES string of the molecule is CC/C=C\C/C=C\C/C=C\C/C=C\C/C=C\C/C=C\CCCI. The molecule has 0 aliphatic rings. The summed E-state index contributed by atoms with van der Waals surface area (Å²) in [7, 11) is 0. The van der Waals surface area contributed by atoms with Gasteiger partial charge in [-0.25, -0.2) is 0 Å². The molecule has 0 aromatic carbocycles. The van der Waals surface area contributed by atoms with E-state index >= 15 is 0 Å². The Bertz CT molecular complexity index is 394. The van der Waals surface area contributed by atoms with Crippen LogP contribution in [0.4, 0.5) is 0 Å². The van der Waals surface area contributed by atoms with Crippen molar-refractivity contribution in [2.75, 3.05) is 4.43 Å². The highest BCUT2D eigenvalue weighted by atomic mass is 127. The number of halogens is 1. The van der Waals surface area contributed by atoms with Gasteiger partial charge in [0.25, 0.3) is 0 Å².